The summed E-state index contributed by atoms with van der Waals surface area (Å²) in [6.45, 7) is 14.2. The molecule has 0 radical (unpaired) electrons. The fourth-order valence-corrected chi connectivity index (χ4v) is 5.10. The van der Waals surface area contributed by atoms with E-state index < -0.39 is 50.9 Å². The molecule has 0 aliphatic rings. The summed E-state index contributed by atoms with van der Waals surface area (Å²) in [5, 5.41) is 20.1. The standard InChI is InChI=1S/2C8H13Si.2C6H4F2O.Zr/c2*1-9(2,3)8-6-4-5-7-8;2*7-4-1-2-6(9)5(8)3-4;/h2*4-7H,1-3H3;2*1-3,9H;/q2*-1;;;+2. The average Bonchev–Trinajstić information content (AvgIpc) is 3.49. The van der Waals surface area contributed by atoms with Crippen LogP contribution >= 0.6 is 0 Å². The maximum Gasteiger partial charge on any atom is 2.00 e. The Morgan fingerprint density at radius 3 is 0.973 bits per heavy atom. The van der Waals surface area contributed by atoms with Crippen LogP contribution in [0.1, 0.15) is 0 Å². The van der Waals surface area contributed by atoms with Crippen molar-refractivity contribution in [1.82, 2.24) is 0 Å². The van der Waals surface area contributed by atoms with Crippen LogP contribution in [0.5, 0.6) is 11.5 Å². The van der Waals surface area contributed by atoms with Gasteiger partial charge < -0.3 is 10.2 Å². The first-order chi connectivity index (χ1) is 16.6. The largest absolute Gasteiger partial charge is 2.00 e. The second-order valence-electron chi connectivity index (χ2n) is 10.0. The molecule has 0 fully saturated rings. The molecule has 2 N–H and O–H groups in total. The number of phenols is 2. The van der Waals surface area contributed by atoms with Gasteiger partial charge in [0, 0.05) is 28.3 Å². The maximum atomic E-state index is 12.1. The van der Waals surface area contributed by atoms with Crippen molar-refractivity contribution >= 4 is 26.5 Å². The molecule has 4 aromatic rings. The van der Waals surface area contributed by atoms with Crippen LogP contribution < -0.4 is 10.4 Å². The quantitative estimate of drug-likeness (QED) is 0.140. The van der Waals surface area contributed by atoms with E-state index in [-0.39, 0.29) is 26.2 Å². The topological polar surface area (TPSA) is 40.5 Å². The second-order valence-corrected chi connectivity index (χ2v) is 20.2. The van der Waals surface area contributed by atoms with Gasteiger partial charge in [-0.3, -0.25) is 0 Å². The molecule has 0 saturated carbocycles. The van der Waals surface area contributed by atoms with E-state index in [0.717, 1.165) is 24.3 Å². The minimum absolute atomic E-state index is 0. The summed E-state index contributed by atoms with van der Waals surface area (Å²) in [4.78, 5) is 0. The first kappa shape index (κ1) is 34.8. The van der Waals surface area contributed by atoms with Crippen molar-refractivity contribution in [1.29, 1.82) is 0 Å². The Bertz CT molecular complexity index is 1070. The molecule has 0 aliphatic heterocycles. The molecule has 4 rings (SSSR count). The maximum absolute atomic E-state index is 12.1. The molecular weight excluding hydrogens is 592 g/mol. The Morgan fingerprint density at radius 2 is 0.811 bits per heavy atom. The third-order valence-electron chi connectivity index (χ3n) is 4.88. The molecule has 0 atom stereocenters. The Labute approximate surface area is 238 Å². The van der Waals surface area contributed by atoms with Gasteiger partial charge in [0.2, 0.25) is 0 Å². The van der Waals surface area contributed by atoms with E-state index in [0.29, 0.717) is 12.1 Å². The number of aromatic hydroxyl groups is 2. The van der Waals surface area contributed by atoms with Gasteiger partial charge in [0.25, 0.3) is 0 Å². The van der Waals surface area contributed by atoms with Crippen molar-refractivity contribution in [2.24, 2.45) is 0 Å². The number of hydrogen-bond acceptors (Lipinski definition) is 2. The van der Waals surface area contributed by atoms with Crippen molar-refractivity contribution < 1.29 is 54.0 Å². The molecule has 4 aromatic carbocycles. The number of rotatable bonds is 2. The predicted octanol–water partition coefficient (Wildman–Crippen LogP) is 7.24. The zero-order valence-corrected chi connectivity index (χ0v) is 26.4. The van der Waals surface area contributed by atoms with E-state index in [1.807, 2.05) is 0 Å². The summed E-state index contributed by atoms with van der Waals surface area (Å²) in [5.74, 6) is -4.31. The van der Waals surface area contributed by atoms with Crippen molar-refractivity contribution in [3.05, 3.63) is 108 Å². The van der Waals surface area contributed by atoms with Crippen molar-refractivity contribution in [2.45, 2.75) is 39.3 Å². The summed E-state index contributed by atoms with van der Waals surface area (Å²) < 4.78 is 48.2. The molecule has 0 aliphatic carbocycles. The molecule has 0 amide bonds. The van der Waals surface area contributed by atoms with Crippen LogP contribution in [0, 0.1) is 23.3 Å². The van der Waals surface area contributed by atoms with Crippen LogP contribution in [-0.4, -0.2) is 26.4 Å². The van der Waals surface area contributed by atoms with Crippen molar-refractivity contribution in [3.8, 4) is 11.5 Å². The minimum Gasteiger partial charge on any atom is -0.505 e. The van der Waals surface area contributed by atoms with Crippen LogP contribution in [0.25, 0.3) is 0 Å². The fraction of sp³-hybridized carbons (Fsp3) is 0.214. The summed E-state index contributed by atoms with van der Waals surface area (Å²) in [6, 6.07) is 22.5. The zero-order valence-electron chi connectivity index (χ0n) is 22.0. The number of benzene rings is 2. The van der Waals surface area contributed by atoms with Gasteiger partial charge in [0.1, 0.15) is 11.6 Å². The molecule has 0 saturated heterocycles. The molecule has 0 unspecified atom stereocenters. The molecule has 0 spiro atoms. The third kappa shape index (κ3) is 13.8. The molecule has 0 aromatic heterocycles. The first-order valence-electron chi connectivity index (χ1n) is 11.3. The Kier molecular flexibility index (Phi) is 14.9. The molecule has 198 valence electrons. The van der Waals surface area contributed by atoms with Crippen molar-refractivity contribution in [2.75, 3.05) is 0 Å². The van der Waals surface area contributed by atoms with Crippen LogP contribution in [-0.2, 0) is 26.2 Å². The van der Waals surface area contributed by atoms with E-state index in [1.54, 1.807) is 10.4 Å². The van der Waals surface area contributed by atoms with Gasteiger partial charge in [-0.25, -0.2) is 41.8 Å². The Morgan fingerprint density at radius 1 is 0.541 bits per heavy atom. The SMILES string of the molecule is C[Si](C)(C)[c-]1cccc1.C[Si](C)(C)[c-]1cccc1.Oc1ccc(F)cc1F.Oc1ccc(F)cc1F.[Zr+2]. The Balaban J connectivity index is 0.000000463. The van der Waals surface area contributed by atoms with Gasteiger partial charge in [0.05, 0.1) is 0 Å². The summed E-state index contributed by atoms with van der Waals surface area (Å²) in [6.07, 6.45) is 0. The van der Waals surface area contributed by atoms with Crippen LogP contribution in [0.15, 0.2) is 84.9 Å². The van der Waals surface area contributed by atoms with Crippen molar-refractivity contribution in [3.63, 3.8) is 0 Å². The van der Waals surface area contributed by atoms with Gasteiger partial charge >= 0.3 is 26.2 Å². The minimum atomic E-state index is -0.981. The van der Waals surface area contributed by atoms with E-state index in [9.17, 15) is 17.6 Å². The molecule has 37 heavy (non-hydrogen) atoms. The van der Waals surface area contributed by atoms with Gasteiger partial charge in [-0.05, 0) is 24.3 Å². The predicted molar refractivity (Wildman–Crippen MR) is 146 cm³/mol. The van der Waals surface area contributed by atoms with Crippen LogP contribution in [0.3, 0.4) is 0 Å². The van der Waals surface area contributed by atoms with Crippen LogP contribution in [0.4, 0.5) is 17.6 Å². The fourth-order valence-electron chi connectivity index (χ4n) is 2.71. The summed E-state index contributed by atoms with van der Waals surface area (Å²) >= 11 is 0. The first-order valence-corrected chi connectivity index (χ1v) is 18.3. The average molecular weight is 626 g/mol. The van der Waals surface area contributed by atoms with Crippen LogP contribution in [0.2, 0.25) is 39.3 Å². The molecular formula is C28H34F4O2Si2Zr. The number of phenolic OH excluding ortho intramolecular Hbond substituents is 2. The zero-order chi connectivity index (χ0) is 27.5. The van der Waals surface area contributed by atoms with Gasteiger partial charge in [-0.15, -0.1) is 0 Å². The van der Waals surface area contributed by atoms with E-state index in [4.69, 9.17) is 10.2 Å². The second kappa shape index (κ2) is 15.9. The van der Waals surface area contributed by atoms with Gasteiger partial charge in [0.15, 0.2) is 23.1 Å². The molecule has 0 bridgehead atoms. The molecule has 0 heterocycles. The smallest absolute Gasteiger partial charge is 0.505 e. The van der Waals surface area contributed by atoms with E-state index in [2.05, 4.69) is 87.8 Å². The molecule has 9 heteroatoms. The monoisotopic (exact) mass is 624 g/mol. The Hall–Kier alpha value is -2.22. The normalized spacial score (nSPS) is 10.4. The van der Waals surface area contributed by atoms with E-state index in [1.165, 1.54) is 0 Å². The van der Waals surface area contributed by atoms with Gasteiger partial charge in [-0.1, -0.05) is 39.3 Å². The molecule has 2 nitrogen and oxygen atoms in total. The summed E-state index contributed by atoms with van der Waals surface area (Å²) in [7, 11) is -1.96. The van der Waals surface area contributed by atoms with Gasteiger partial charge in [-0.2, -0.15) is 34.6 Å². The number of halogens is 4. The third-order valence-corrected chi connectivity index (χ3v) is 9.01. The number of hydrogen-bond donors (Lipinski definition) is 2. The summed E-state index contributed by atoms with van der Waals surface area (Å²) in [5.41, 5.74) is 0. The van der Waals surface area contributed by atoms with E-state index >= 15 is 0 Å².